The number of hydrogen-bond acceptors (Lipinski definition) is 6. The van der Waals surface area contributed by atoms with E-state index in [1.165, 1.54) is 11.0 Å². The number of rotatable bonds is 3. The van der Waals surface area contributed by atoms with E-state index in [9.17, 15) is 14.7 Å². The summed E-state index contributed by atoms with van der Waals surface area (Å²) >= 11 is 6.52. The summed E-state index contributed by atoms with van der Waals surface area (Å²) in [6.45, 7) is 2.74. The van der Waals surface area contributed by atoms with Crippen LogP contribution < -0.4 is 10.1 Å². The highest BCUT2D eigenvalue weighted by molar-refractivity contribution is 6.33. The molecule has 2 N–H and O–H groups in total. The van der Waals surface area contributed by atoms with Gasteiger partial charge in [0.05, 0.1) is 53.1 Å². The molecule has 3 aromatic rings. The molecule has 11 heteroatoms. The minimum absolute atomic E-state index is 0.0421. The van der Waals surface area contributed by atoms with E-state index in [2.05, 4.69) is 10.3 Å². The first-order valence-corrected chi connectivity index (χ1v) is 11.0. The summed E-state index contributed by atoms with van der Waals surface area (Å²) in [6, 6.07) is 7.15. The lowest BCUT2D eigenvalue weighted by Crippen LogP contribution is -2.46. The molecule has 1 aromatic heterocycles. The monoisotopic (exact) mass is 486 g/mol. The molecule has 9 nitrogen and oxygen atoms in total. The van der Waals surface area contributed by atoms with Crippen LogP contribution in [0.2, 0.25) is 5.02 Å². The first kappa shape index (κ1) is 22.2. The largest absolute Gasteiger partial charge is 0.481 e. The summed E-state index contributed by atoms with van der Waals surface area (Å²) in [5.74, 6) is 1.19. The second-order valence-electron chi connectivity index (χ2n) is 8.18. The number of nitrogens with one attached hydrogen (secondary N) is 1. The lowest BCUT2D eigenvalue weighted by molar-refractivity contribution is -0.0286. The minimum Gasteiger partial charge on any atom is -0.481 e. The third kappa shape index (κ3) is 3.86. The van der Waals surface area contributed by atoms with Crippen molar-refractivity contribution < 1.29 is 28.6 Å². The number of amides is 1. The van der Waals surface area contributed by atoms with Crippen LogP contribution in [-0.2, 0) is 16.1 Å². The Kier molecular flexibility index (Phi) is 5.65. The van der Waals surface area contributed by atoms with Crippen molar-refractivity contribution in [2.75, 3.05) is 31.6 Å². The van der Waals surface area contributed by atoms with Crippen molar-refractivity contribution in [2.24, 2.45) is 0 Å². The van der Waals surface area contributed by atoms with Crippen molar-refractivity contribution in [1.29, 1.82) is 0 Å². The van der Waals surface area contributed by atoms with Crippen LogP contribution in [0.5, 0.6) is 5.75 Å². The van der Waals surface area contributed by atoms with E-state index in [0.29, 0.717) is 5.52 Å². The van der Waals surface area contributed by atoms with Crippen molar-refractivity contribution in [3.63, 3.8) is 0 Å². The van der Waals surface area contributed by atoms with Gasteiger partial charge in [0.15, 0.2) is 11.6 Å². The van der Waals surface area contributed by atoms with E-state index in [0.717, 1.165) is 11.1 Å². The average molecular weight is 487 g/mol. The van der Waals surface area contributed by atoms with Crippen molar-refractivity contribution in [2.45, 2.75) is 19.6 Å². The summed E-state index contributed by atoms with van der Waals surface area (Å²) in [7, 11) is 0. The number of ether oxygens (including phenoxy) is 2. The smallest absolute Gasteiger partial charge is 0.407 e. The van der Waals surface area contributed by atoms with Gasteiger partial charge in [0.2, 0.25) is 0 Å². The molecule has 0 unspecified atom stereocenters. The molecule has 1 fully saturated rings. The average Bonchev–Trinajstić information content (AvgIpc) is 3.15. The number of carboxylic acid groups (broad SMARTS) is 1. The van der Waals surface area contributed by atoms with E-state index >= 15 is 4.39 Å². The van der Waals surface area contributed by atoms with Gasteiger partial charge in [-0.1, -0.05) is 17.7 Å². The van der Waals surface area contributed by atoms with Crippen molar-refractivity contribution in [3.05, 3.63) is 46.4 Å². The number of aromatic nitrogens is 2. The van der Waals surface area contributed by atoms with Gasteiger partial charge in [-0.25, -0.2) is 19.0 Å². The summed E-state index contributed by atoms with van der Waals surface area (Å²) in [5.41, 5.74) is 2.75. The number of imidazole rings is 1. The van der Waals surface area contributed by atoms with Crippen molar-refractivity contribution in [3.8, 4) is 17.1 Å². The molecule has 1 saturated heterocycles. The van der Waals surface area contributed by atoms with Gasteiger partial charge in [0.25, 0.3) is 0 Å². The van der Waals surface area contributed by atoms with Gasteiger partial charge in [0.1, 0.15) is 24.1 Å². The number of benzene rings is 2. The van der Waals surface area contributed by atoms with Gasteiger partial charge in [-0.3, -0.25) is 0 Å². The van der Waals surface area contributed by atoms with Gasteiger partial charge >= 0.3 is 6.09 Å². The normalized spacial score (nSPS) is 17.7. The Hall–Kier alpha value is -3.59. The number of anilines is 1. The van der Waals surface area contributed by atoms with Crippen LogP contribution in [0.25, 0.3) is 22.4 Å². The SMILES string of the molecule is Cc1ccc2c(c1)nc(-c1c(Cl)cc3c(c1F)OCC(=C=O)N3)n2C[C@H]1CN(C(=O)O)CCO1. The Morgan fingerprint density at radius 3 is 3.00 bits per heavy atom. The maximum absolute atomic E-state index is 15.7. The molecule has 0 radical (unpaired) electrons. The first-order chi connectivity index (χ1) is 16.4. The molecule has 2 aliphatic rings. The van der Waals surface area contributed by atoms with E-state index in [4.69, 9.17) is 21.1 Å². The summed E-state index contributed by atoms with van der Waals surface area (Å²) in [4.78, 5) is 28.4. The molecule has 1 amide bonds. The Labute approximate surface area is 198 Å². The van der Waals surface area contributed by atoms with Crippen LogP contribution in [0, 0.1) is 12.7 Å². The molecular weight excluding hydrogens is 467 g/mol. The molecule has 0 saturated carbocycles. The minimum atomic E-state index is -1.02. The highest BCUT2D eigenvalue weighted by Gasteiger charge is 2.30. The number of halogens is 2. The second-order valence-corrected chi connectivity index (χ2v) is 8.59. The molecule has 5 rings (SSSR count). The van der Waals surface area contributed by atoms with Crippen molar-refractivity contribution >= 4 is 40.4 Å². The first-order valence-electron chi connectivity index (χ1n) is 10.6. The van der Waals surface area contributed by atoms with Gasteiger partial charge < -0.3 is 29.4 Å². The summed E-state index contributed by atoms with van der Waals surface area (Å²) < 4.78 is 28.8. The molecule has 0 aliphatic carbocycles. The molecule has 34 heavy (non-hydrogen) atoms. The Balaban J connectivity index is 1.63. The molecule has 0 bridgehead atoms. The van der Waals surface area contributed by atoms with E-state index in [-0.39, 0.29) is 66.4 Å². The molecule has 0 spiro atoms. The Morgan fingerprint density at radius 1 is 1.41 bits per heavy atom. The summed E-state index contributed by atoms with van der Waals surface area (Å²) in [5, 5.41) is 12.2. The van der Waals surface area contributed by atoms with E-state index < -0.39 is 18.0 Å². The maximum atomic E-state index is 15.7. The fourth-order valence-electron chi connectivity index (χ4n) is 4.26. The standard InChI is InChI=1S/C23H20ClFN4O5/c1-12-2-3-18-16(6-12)27-22(29(18)9-14-8-28(23(31)32)4-5-33-14)19-15(24)7-17-21(20(19)25)34-11-13(10-30)26-17/h2-3,6-7,14,26H,4-5,8-9,11H2,1H3,(H,31,32)/t14-/m1/s1. The number of aryl methyl sites for hydroxylation is 1. The van der Waals surface area contributed by atoms with Gasteiger partial charge in [-0.2, -0.15) is 0 Å². The fraction of sp³-hybridized carbons (Fsp3) is 0.304. The maximum Gasteiger partial charge on any atom is 0.407 e. The number of hydrogen-bond donors (Lipinski definition) is 2. The highest BCUT2D eigenvalue weighted by Crippen LogP contribution is 2.43. The number of carbonyl (C=O) groups is 1. The summed E-state index contributed by atoms with van der Waals surface area (Å²) in [6.07, 6.45) is -1.48. The molecule has 2 aromatic carbocycles. The quantitative estimate of drug-likeness (QED) is 0.544. The molecule has 3 heterocycles. The van der Waals surface area contributed by atoms with Crippen LogP contribution in [0.15, 0.2) is 30.0 Å². The van der Waals surface area contributed by atoms with Crippen LogP contribution >= 0.6 is 11.6 Å². The molecule has 2 aliphatic heterocycles. The predicted molar refractivity (Wildman–Crippen MR) is 123 cm³/mol. The number of nitrogens with zero attached hydrogens (tertiary/aromatic N) is 3. The molecular formula is C23H20ClFN4O5. The van der Waals surface area contributed by atoms with Gasteiger partial charge in [-0.15, -0.1) is 0 Å². The fourth-order valence-corrected chi connectivity index (χ4v) is 4.54. The lowest BCUT2D eigenvalue weighted by atomic mass is 10.1. The number of morpholine rings is 1. The van der Waals surface area contributed by atoms with Crippen LogP contribution in [0.1, 0.15) is 5.56 Å². The zero-order valence-corrected chi connectivity index (χ0v) is 18.9. The second kappa shape index (κ2) is 8.64. The van der Waals surface area contributed by atoms with Crippen LogP contribution in [0.3, 0.4) is 0 Å². The van der Waals surface area contributed by atoms with Gasteiger partial charge in [-0.05, 0) is 30.7 Å². The number of fused-ring (bicyclic) bond motifs is 2. The zero-order chi connectivity index (χ0) is 24.0. The van der Waals surface area contributed by atoms with E-state index in [1.807, 2.05) is 25.1 Å². The third-order valence-corrected chi connectivity index (χ3v) is 6.16. The van der Waals surface area contributed by atoms with E-state index in [1.54, 1.807) is 10.5 Å². The third-order valence-electron chi connectivity index (χ3n) is 5.87. The predicted octanol–water partition coefficient (Wildman–Crippen LogP) is 3.70. The van der Waals surface area contributed by atoms with Crippen molar-refractivity contribution in [1.82, 2.24) is 14.5 Å². The van der Waals surface area contributed by atoms with Crippen LogP contribution in [0.4, 0.5) is 14.9 Å². The molecule has 176 valence electrons. The topological polar surface area (TPSA) is 106 Å². The number of carbonyl (C=O) groups excluding carboxylic acids is 1. The van der Waals surface area contributed by atoms with Crippen LogP contribution in [-0.4, -0.2) is 64.0 Å². The highest BCUT2D eigenvalue weighted by atomic mass is 35.5. The Morgan fingerprint density at radius 2 is 2.24 bits per heavy atom. The lowest BCUT2D eigenvalue weighted by Gasteiger charge is -2.31. The zero-order valence-electron chi connectivity index (χ0n) is 18.1. The molecule has 1 atom stereocenters. The Bertz CT molecular complexity index is 1370. The van der Waals surface area contributed by atoms with Gasteiger partial charge in [0, 0.05) is 6.54 Å².